The van der Waals surface area contributed by atoms with Crippen molar-refractivity contribution in [3.05, 3.63) is 0 Å². The fourth-order valence-electron chi connectivity index (χ4n) is 2.72. The summed E-state index contributed by atoms with van der Waals surface area (Å²) in [5.74, 6) is -1.17. The van der Waals surface area contributed by atoms with E-state index < -0.39 is 22.5 Å². The Balaban J connectivity index is 2.80. The third-order valence-corrected chi connectivity index (χ3v) is 4.99. The zero-order valence-electron chi connectivity index (χ0n) is 13.7. The van der Waals surface area contributed by atoms with E-state index in [1.54, 1.807) is 27.7 Å². The molecule has 1 rings (SSSR count). The third kappa shape index (κ3) is 4.43. The summed E-state index contributed by atoms with van der Waals surface area (Å²) < 4.78 is 0. The highest BCUT2D eigenvalue weighted by molar-refractivity contribution is 5.85. The minimum atomic E-state index is -1.08. The Morgan fingerprint density at radius 2 is 1.52 bits per heavy atom. The number of hydrogen-bond acceptors (Lipinski definition) is 3. The molecule has 5 nitrogen and oxygen atoms in total. The molecular weight excluding hydrogens is 270 g/mol. The Morgan fingerprint density at radius 1 is 1.05 bits per heavy atom. The molecule has 0 aromatic heterocycles. The number of hydrogen-bond donors (Lipinski definition) is 3. The highest BCUT2D eigenvalue weighted by Crippen LogP contribution is 2.38. The maximum atomic E-state index is 12.3. The summed E-state index contributed by atoms with van der Waals surface area (Å²) in [5.41, 5.74) is -2.84. The molecule has 3 N–H and O–H groups in total. The third-order valence-electron chi connectivity index (χ3n) is 4.99. The first kappa shape index (κ1) is 18.0. The van der Waals surface area contributed by atoms with Gasteiger partial charge in [0, 0.05) is 6.42 Å². The van der Waals surface area contributed by atoms with E-state index in [9.17, 15) is 19.8 Å². The van der Waals surface area contributed by atoms with Crippen molar-refractivity contribution in [1.29, 1.82) is 0 Å². The lowest BCUT2D eigenvalue weighted by Crippen LogP contribution is -2.58. The molecule has 1 fully saturated rings. The number of aliphatic carboxylic acids is 1. The van der Waals surface area contributed by atoms with Crippen molar-refractivity contribution >= 4 is 11.9 Å². The summed E-state index contributed by atoms with van der Waals surface area (Å²) in [5, 5.41) is 22.5. The van der Waals surface area contributed by atoms with E-state index in [2.05, 4.69) is 5.32 Å². The molecule has 0 aromatic rings. The maximum absolute atomic E-state index is 12.3. The van der Waals surface area contributed by atoms with E-state index in [1.165, 1.54) is 0 Å². The summed E-state index contributed by atoms with van der Waals surface area (Å²) in [6.07, 6.45) is 4.87. The van der Waals surface area contributed by atoms with E-state index in [1.807, 2.05) is 0 Å². The molecule has 0 heterocycles. The quantitative estimate of drug-likeness (QED) is 0.681. The van der Waals surface area contributed by atoms with Crippen LogP contribution >= 0.6 is 0 Å². The van der Waals surface area contributed by atoms with E-state index in [4.69, 9.17) is 0 Å². The summed E-state index contributed by atoms with van der Waals surface area (Å²) in [7, 11) is 0. The smallest absolute Gasteiger partial charge is 0.310 e. The molecule has 0 radical (unpaired) electrons. The van der Waals surface area contributed by atoms with Crippen LogP contribution in [-0.2, 0) is 9.59 Å². The zero-order chi connectivity index (χ0) is 16.3. The van der Waals surface area contributed by atoms with Gasteiger partial charge in [-0.25, -0.2) is 0 Å². The van der Waals surface area contributed by atoms with Gasteiger partial charge >= 0.3 is 5.97 Å². The lowest BCUT2D eigenvalue weighted by molar-refractivity contribution is -0.153. The van der Waals surface area contributed by atoms with Crippen LogP contribution < -0.4 is 5.32 Å². The molecule has 1 aliphatic carbocycles. The molecule has 1 saturated carbocycles. The summed E-state index contributed by atoms with van der Waals surface area (Å²) in [6, 6.07) is 0. The van der Waals surface area contributed by atoms with Crippen molar-refractivity contribution in [2.45, 2.75) is 83.8 Å². The normalized spacial score (nSPS) is 19.7. The maximum Gasteiger partial charge on any atom is 0.310 e. The van der Waals surface area contributed by atoms with Gasteiger partial charge < -0.3 is 15.5 Å². The molecule has 0 atom stereocenters. The first-order chi connectivity index (χ1) is 9.50. The molecular formula is C16H29NO4. The predicted molar refractivity (Wildman–Crippen MR) is 80.9 cm³/mol. The predicted octanol–water partition coefficient (Wildman–Crippen LogP) is 2.47. The summed E-state index contributed by atoms with van der Waals surface area (Å²) in [6.45, 7) is 6.74. The Kier molecular flexibility index (Phi) is 5.42. The van der Waals surface area contributed by atoms with Gasteiger partial charge in [0.25, 0.3) is 0 Å². The highest BCUT2D eigenvalue weighted by Gasteiger charge is 2.43. The van der Waals surface area contributed by atoms with E-state index >= 15 is 0 Å². The second-order valence-electron chi connectivity index (χ2n) is 7.41. The molecule has 0 aromatic carbocycles. The van der Waals surface area contributed by atoms with Gasteiger partial charge in [-0.05, 0) is 40.5 Å². The van der Waals surface area contributed by atoms with Crippen molar-refractivity contribution in [2.24, 2.45) is 5.41 Å². The fraction of sp³-hybridized carbons (Fsp3) is 0.875. The minimum absolute atomic E-state index is 0.0121. The Morgan fingerprint density at radius 3 is 1.90 bits per heavy atom. The second kappa shape index (κ2) is 6.34. The van der Waals surface area contributed by atoms with Crippen LogP contribution in [0.25, 0.3) is 0 Å². The molecule has 122 valence electrons. The standard InChI is InChI=1S/C16H29NO4/c1-14(2,15(3,4)21)17-12(18)11-16(13(19)20)9-7-5-6-8-10-16/h21H,5-11H2,1-4H3,(H,17,18)(H,19,20). The number of carboxylic acid groups (broad SMARTS) is 1. The van der Waals surface area contributed by atoms with Crippen LogP contribution in [0.1, 0.15) is 72.6 Å². The van der Waals surface area contributed by atoms with Crippen molar-refractivity contribution in [1.82, 2.24) is 5.32 Å². The van der Waals surface area contributed by atoms with Crippen LogP contribution in [0.5, 0.6) is 0 Å². The molecule has 0 aliphatic heterocycles. The van der Waals surface area contributed by atoms with Gasteiger partial charge in [-0.1, -0.05) is 25.7 Å². The molecule has 1 amide bonds. The van der Waals surface area contributed by atoms with E-state index in [-0.39, 0.29) is 12.3 Å². The Hall–Kier alpha value is -1.10. The van der Waals surface area contributed by atoms with Crippen LogP contribution in [0.4, 0.5) is 0 Å². The molecule has 5 heteroatoms. The lowest BCUT2D eigenvalue weighted by Gasteiger charge is -2.39. The first-order valence-electron chi connectivity index (χ1n) is 7.77. The Bertz CT molecular complexity index is 388. The minimum Gasteiger partial charge on any atom is -0.481 e. The van der Waals surface area contributed by atoms with E-state index in [0.29, 0.717) is 12.8 Å². The van der Waals surface area contributed by atoms with Gasteiger partial charge in [0.1, 0.15) is 0 Å². The van der Waals surface area contributed by atoms with Gasteiger partial charge in [-0.3, -0.25) is 9.59 Å². The van der Waals surface area contributed by atoms with Crippen LogP contribution in [0.3, 0.4) is 0 Å². The number of aliphatic hydroxyl groups is 1. The van der Waals surface area contributed by atoms with Gasteiger partial charge in [-0.15, -0.1) is 0 Å². The SMILES string of the molecule is CC(C)(O)C(C)(C)NC(=O)CC1(C(=O)O)CCCCCC1. The van der Waals surface area contributed by atoms with Crippen molar-refractivity contribution in [2.75, 3.05) is 0 Å². The number of rotatable bonds is 5. The lowest BCUT2D eigenvalue weighted by atomic mass is 9.76. The van der Waals surface area contributed by atoms with Gasteiger partial charge in [0.2, 0.25) is 5.91 Å². The van der Waals surface area contributed by atoms with E-state index in [0.717, 1.165) is 25.7 Å². The number of carboxylic acids is 1. The number of nitrogens with one attached hydrogen (secondary N) is 1. The molecule has 0 saturated heterocycles. The van der Waals surface area contributed by atoms with Gasteiger partial charge in [0.15, 0.2) is 0 Å². The first-order valence-corrected chi connectivity index (χ1v) is 7.77. The van der Waals surface area contributed by atoms with Crippen molar-refractivity contribution in [3.8, 4) is 0 Å². The summed E-state index contributed by atoms with van der Waals surface area (Å²) >= 11 is 0. The van der Waals surface area contributed by atoms with Crippen LogP contribution in [-0.4, -0.2) is 33.2 Å². The zero-order valence-corrected chi connectivity index (χ0v) is 13.7. The van der Waals surface area contributed by atoms with Crippen molar-refractivity contribution in [3.63, 3.8) is 0 Å². The average molecular weight is 299 g/mol. The summed E-state index contributed by atoms with van der Waals surface area (Å²) in [4.78, 5) is 24.0. The average Bonchev–Trinajstić information content (AvgIpc) is 2.53. The second-order valence-corrected chi connectivity index (χ2v) is 7.41. The molecule has 21 heavy (non-hydrogen) atoms. The van der Waals surface area contributed by atoms with Gasteiger partial charge in [-0.2, -0.15) is 0 Å². The number of carbonyl (C=O) groups excluding carboxylic acids is 1. The fourth-order valence-corrected chi connectivity index (χ4v) is 2.72. The number of amides is 1. The number of carbonyl (C=O) groups is 2. The van der Waals surface area contributed by atoms with Crippen LogP contribution in [0.15, 0.2) is 0 Å². The monoisotopic (exact) mass is 299 g/mol. The molecule has 1 aliphatic rings. The van der Waals surface area contributed by atoms with Crippen LogP contribution in [0, 0.1) is 5.41 Å². The largest absolute Gasteiger partial charge is 0.481 e. The van der Waals surface area contributed by atoms with Gasteiger partial charge in [0.05, 0.1) is 16.6 Å². The molecule has 0 unspecified atom stereocenters. The molecule has 0 spiro atoms. The highest BCUT2D eigenvalue weighted by atomic mass is 16.4. The van der Waals surface area contributed by atoms with Crippen molar-refractivity contribution < 1.29 is 19.8 Å². The Labute approximate surface area is 127 Å². The topological polar surface area (TPSA) is 86.6 Å². The molecule has 0 bridgehead atoms. The van der Waals surface area contributed by atoms with Crippen LogP contribution in [0.2, 0.25) is 0 Å².